The van der Waals surface area contributed by atoms with Crippen LogP contribution in [-0.2, 0) is 16.0 Å². The van der Waals surface area contributed by atoms with Crippen LogP contribution in [0.1, 0.15) is 67.5 Å². The maximum atomic E-state index is 13.5. The lowest BCUT2D eigenvalue weighted by Crippen LogP contribution is -2.46. The molecule has 0 saturated carbocycles. The quantitative estimate of drug-likeness (QED) is 0.245. The van der Waals surface area contributed by atoms with Crippen LogP contribution in [-0.4, -0.2) is 41.2 Å². The lowest BCUT2D eigenvalue weighted by Gasteiger charge is -2.38. The number of halogens is 2. The van der Waals surface area contributed by atoms with Crippen LogP contribution < -0.4 is 0 Å². The second-order valence-corrected chi connectivity index (χ2v) is 10.3. The number of nitrogens with zero attached hydrogens (tertiary/aromatic N) is 2. The SMILES string of the molecule is C=CCN(CC(=O)N1CCc2sccc2C1c1ccc(Cl)cc1Cl)C(=O)CCCCCCC. The molecule has 1 atom stereocenters. The van der Waals surface area contributed by atoms with Crippen LogP contribution in [0.3, 0.4) is 0 Å². The molecule has 0 radical (unpaired) electrons. The number of hydrogen-bond donors (Lipinski definition) is 0. The molecular formula is C26H32Cl2N2O2S. The summed E-state index contributed by atoms with van der Waals surface area (Å²) in [5.41, 5.74) is 1.95. The van der Waals surface area contributed by atoms with Gasteiger partial charge in [0.25, 0.3) is 0 Å². The molecule has 0 aliphatic carbocycles. The Kier molecular flexibility index (Phi) is 9.84. The molecule has 1 aliphatic rings. The minimum Gasteiger partial charge on any atom is -0.330 e. The van der Waals surface area contributed by atoms with Crippen LogP contribution in [0.2, 0.25) is 10.0 Å². The Labute approximate surface area is 211 Å². The zero-order chi connectivity index (χ0) is 23.8. The van der Waals surface area contributed by atoms with Crippen LogP contribution in [0, 0.1) is 0 Å². The number of benzene rings is 1. The van der Waals surface area contributed by atoms with Crippen molar-refractivity contribution in [3.63, 3.8) is 0 Å². The van der Waals surface area contributed by atoms with Crippen molar-refractivity contribution >= 4 is 46.4 Å². The third kappa shape index (κ3) is 6.62. The van der Waals surface area contributed by atoms with E-state index in [9.17, 15) is 9.59 Å². The van der Waals surface area contributed by atoms with Gasteiger partial charge in [0, 0.05) is 34.4 Å². The van der Waals surface area contributed by atoms with Crippen molar-refractivity contribution < 1.29 is 9.59 Å². The normalized spacial score (nSPS) is 15.2. The number of carbonyl (C=O) groups excluding carboxylic acids is 2. The summed E-state index contributed by atoms with van der Waals surface area (Å²) in [5.74, 6) is -0.0712. The van der Waals surface area contributed by atoms with Gasteiger partial charge in [0.2, 0.25) is 11.8 Å². The van der Waals surface area contributed by atoms with Gasteiger partial charge in [-0.05, 0) is 47.5 Å². The lowest BCUT2D eigenvalue weighted by atomic mass is 9.93. The summed E-state index contributed by atoms with van der Waals surface area (Å²) < 4.78 is 0. The van der Waals surface area contributed by atoms with Gasteiger partial charge in [-0.15, -0.1) is 17.9 Å². The Morgan fingerprint density at radius 3 is 2.70 bits per heavy atom. The van der Waals surface area contributed by atoms with Crippen LogP contribution >= 0.6 is 34.5 Å². The molecule has 0 N–H and O–H groups in total. The molecule has 1 aliphatic heterocycles. The molecular weight excluding hydrogens is 475 g/mol. The molecule has 1 aromatic heterocycles. The standard InChI is InChI=1S/C26H32Cl2N2O2S/c1-3-5-6-7-8-9-24(31)29(14-4-2)18-25(32)30-15-12-23-21(13-16-33-23)26(30)20-11-10-19(27)17-22(20)28/h4,10-11,13,16-17,26H,2-3,5-9,12,14-15,18H2,1H3. The summed E-state index contributed by atoms with van der Waals surface area (Å²) in [7, 11) is 0. The number of rotatable bonds is 11. The van der Waals surface area contributed by atoms with E-state index < -0.39 is 0 Å². The van der Waals surface area contributed by atoms with Crippen molar-refractivity contribution in [1.29, 1.82) is 0 Å². The summed E-state index contributed by atoms with van der Waals surface area (Å²) in [6.07, 6.45) is 8.35. The number of carbonyl (C=O) groups is 2. The van der Waals surface area contributed by atoms with Gasteiger partial charge in [0.15, 0.2) is 0 Å². The Bertz CT molecular complexity index is 975. The number of hydrogen-bond acceptors (Lipinski definition) is 3. The van der Waals surface area contributed by atoms with Crippen LogP contribution in [0.25, 0.3) is 0 Å². The highest BCUT2D eigenvalue weighted by atomic mass is 35.5. The molecule has 1 aromatic carbocycles. The van der Waals surface area contributed by atoms with E-state index >= 15 is 0 Å². The number of unbranched alkanes of at least 4 members (excludes halogenated alkanes) is 4. The molecule has 2 amide bonds. The van der Waals surface area contributed by atoms with Gasteiger partial charge in [-0.25, -0.2) is 0 Å². The van der Waals surface area contributed by atoms with E-state index in [-0.39, 0.29) is 24.4 Å². The summed E-state index contributed by atoms with van der Waals surface area (Å²) in [4.78, 5) is 31.1. The maximum absolute atomic E-state index is 13.5. The molecule has 33 heavy (non-hydrogen) atoms. The molecule has 178 valence electrons. The highest BCUT2D eigenvalue weighted by Crippen LogP contribution is 2.41. The summed E-state index contributed by atoms with van der Waals surface area (Å²) >= 11 is 14.4. The summed E-state index contributed by atoms with van der Waals surface area (Å²) in [5, 5.41) is 3.15. The molecule has 2 heterocycles. The number of fused-ring (bicyclic) bond motifs is 1. The van der Waals surface area contributed by atoms with Crippen molar-refractivity contribution in [2.75, 3.05) is 19.6 Å². The second-order valence-electron chi connectivity index (χ2n) is 8.43. The largest absolute Gasteiger partial charge is 0.330 e. The smallest absolute Gasteiger partial charge is 0.243 e. The first-order chi connectivity index (χ1) is 16.0. The maximum Gasteiger partial charge on any atom is 0.243 e. The molecule has 2 aromatic rings. The monoisotopic (exact) mass is 506 g/mol. The van der Waals surface area contributed by atoms with E-state index in [0.717, 1.165) is 36.8 Å². The third-order valence-electron chi connectivity index (χ3n) is 6.07. The zero-order valence-electron chi connectivity index (χ0n) is 19.2. The second kappa shape index (κ2) is 12.6. The van der Waals surface area contributed by atoms with E-state index in [0.29, 0.717) is 29.6 Å². The third-order valence-corrected chi connectivity index (χ3v) is 7.62. The highest BCUT2D eigenvalue weighted by Gasteiger charge is 2.34. The molecule has 0 fully saturated rings. The molecule has 4 nitrogen and oxygen atoms in total. The molecule has 0 spiro atoms. The number of thiophene rings is 1. The van der Waals surface area contributed by atoms with Crippen molar-refractivity contribution in [2.45, 2.75) is 57.9 Å². The topological polar surface area (TPSA) is 40.6 Å². The van der Waals surface area contributed by atoms with E-state index in [1.165, 1.54) is 17.7 Å². The first-order valence-corrected chi connectivity index (χ1v) is 13.3. The minimum atomic E-state index is -0.285. The van der Waals surface area contributed by atoms with Gasteiger partial charge in [-0.2, -0.15) is 0 Å². The molecule has 3 rings (SSSR count). The van der Waals surface area contributed by atoms with Gasteiger partial charge in [0.05, 0.1) is 6.04 Å². The van der Waals surface area contributed by atoms with Crippen molar-refractivity contribution in [1.82, 2.24) is 9.80 Å². The van der Waals surface area contributed by atoms with Gasteiger partial charge in [0.1, 0.15) is 6.54 Å². The Balaban J connectivity index is 1.77. The summed E-state index contributed by atoms with van der Waals surface area (Å²) in [6.45, 7) is 6.95. The highest BCUT2D eigenvalue weighted by molar-refractivity contribution is 7.10. The zero-order valence-corrected chi connectivity index (χ0v) is 21.5. The predicted molar refractivity (Wildman–Crippen MR) is 138 cm³/mol. The molecule has 0 saturated heterocycles. The van der Waals surface area contributed by atoms with Crippen LogP contribution in [0.5, 0.6) is 0 Å². The van der Waals surface area contributed by atoms with Crippen LogP contribution in [0.15, 0.2) is 42.3 Å². The lowest BCUT2D eigenvalue weighted by molar-refractivity contribution is -0.141. The van der Waals surface area contributed by atoms with E-state index in [1.807, 2.05) is 11.0 Å². The van der Waals surface area contributed by atoms with Crippen LogP contribution in [0.4, 0.5) is 0 Å². The van der Waals surface area contributed by atoms with Crippen molar-refractivity contribution in [2.24, 2.45) is 0 Å². The van der Waals surface area contributed by atoms with E-state index in [2.05, 4.69) is 24.9 Å². The fourth-order valence-corrected chi connectivity index (χ4v) is 5.76. The Morgan fingerprint density at radius 2 is 1.97 bits per heavy atom. The summed E-state index contributed by atoms with van der Waals surface area (Å²) in [6, 6.07) is 7.20. The van der Waals surface area contributed by atoms with Gasteiger partial charge < -0.3 is 9.80 Å². The van der Waals surface area contributed by atoms with Crippen molar-refractivity contribution in [3.05, 3.63) is 68.3 Å². The Hall–Kier alpha value is -1.82. The molecule has 7 heteroatoms. The predicted octanol–water partition coefficient (Wildman–Crippen LogP) is 6.90. The van der Waals surface area contributed by atoms with Gasteiger partial charge in [-0.1, -0.05) is 68.0 Å². The number of amides is 2. The molecule has 1 unspecified atom stereocenters. The van der Waals surface area contributed by atoms with E-state index in [1.54, 1.807) is 34.4 Å². The fourth-order valence-electron chi connectivity index (χ4n) is 4.35. The van der Waals surface area contributed by atoms with E-state index in [4.69, 9.17) is 23.2 Å². The first kappa shape index (κ1) is 25.8. The Morgan fingerprint density at radius 1 is 1.18 bits per heavy atom. The van der Waals surface area contributed by atoms with Crippen molar-refractivity contribution in [3.8, 4) is 0 Å². The minimum absolute atomic E-state index is 0.00838. The average molecular weight is 508 g/mol. The molecule has 0 bridgehead atoms. The first-order valence-electron chi connectivity index (χ1n) is 11.7. The van der Waals surface area contributed by atoms with Gasteiger partial charge in [-0.3, -0.25) is 9.59 Å². The average Bonchev–Trinajstić information content (AvgIpc) is 3.27. The fraction of sp³-hybridized carbons (Fsp3) is 0.462. The van der Waals surface area contributed by atoms with Gasteiger partial charge >= 0.3 is 0 Å².